The number of piperidine rings is 1. The fourth-order valence-corrected chi connectivity index (χ4v) is 4.97. The highest BCUT2D eigenvalue weighted by Gasteiger charge is 2.34. The Morgan fingerprint density at radius 2 is 1.52 bits per heavy atom. The van der Waals surface area contributed by atoms with Crippen molar-refractivity contribution in [2.75, 3.05) is 39.4 Å². The maximum Gasteiger partial charge on any atom is 0.317 e. The lowest BCUT2D eigenvalue weighted by molar-refractivity contribution is -0.141. The minimum atomic E-state index is 0.0663. The maximum absolute atomic E-state index is 12.6. The molecule has 2 saturated heterocycles. The van der Waals surface area contributed by atoms with E-state index in [9.17, 15) is 9.59 Å². The van der Waals surface area contributed by atoms with E-state index in [2.05, 4.69) is 19.2 Å². The Morgan fingerprint density at radius 3 is 2.07 bits per heavy atom. The fourth-order valence-electron chi connectivity index (χ4n) is 4.97. The van der Waals surface area contributed by atoms with Crippen LogP contribution in [0.3, 0.4) is 0 Å². The molecule has 0 spiro atoms. The van der Waals surface area contributed by atoms with E-state index in [1.807, 2.05) is 9.80 Å². The first-order valence-corrected chi connectivity index (χ1v) is 11.0. The fraction of sp³-hybridized carbons (Fsp3) is 0.905. The van der Waals surface area contributed by atoms with Crippen molar-refractivity contribution in [3.63, 3.8) is 0 Å². The Kier molecular flexibility index (Phi) is 7.01. The lowest BCUT2D eigenvalue weighted by atomic mass is 9.69. The van der Waals surface area contributed by atoms with Crippen molar-refractivity contribution >= 4 is 11.9 Å². The van der Waals surface area contributed by atoms with Gasteiger partial charge in [-0.1, -0.05) is 26.7 Å². The molecule has 1 aliphatic carbocycles. The van der Waals surface area contributed by atoms with Crippen molar-refractivity contribution in [2.24, 2.45) is 11.3 Å². The van der Waals surface area contributed by atoms with Crippen LogP contribution in [0.4, 0.5) is 4.79 Å². The molecule has 0 aromatic heterocycles. The molecule has 1 saturated carbocycles. The number of hydrogen-bond donors (Lipinski definition) is 1. The summed E-state index contributed by atoms with van der Waals surface area (Å²) in [5, 5.41) is 3.26. The molecular formula is C21H37N3O3. The molecule has 3 amide bonds. The smallest absolute Gasteiger partial charge is 0.317 e. The molecule has 3 rings (SSSR count). The van der Waals surface area contributed by atoms with Crippen molar-refractivity contribution < 1.29 is 14.3 Å². The predicted molar refractivity (Wildman–Crippen MR) is 105 cm³/mol. The van der Waals surface area contributed by atoms with Crippen molar-refractivity contribution in [1.29, 1.82) is 0 Å². The van der Waals surface area contributed by atoms with E-state index in [-0.39, 0.29) is 17.9 Å². The predicted octanol–water partition coefficient (Wildman–Crippen LogP) is 3.02. The van der Waals surface area contributed by atoms with Gasteiger partial charge in [0.1, 0.15) is 0 Å². The van der Waals surface area contributed by atoms with Crippen molar-refractivity contribution in [3.8, 4) is 0 Å². The van der Waals surface area contributed by atoms with Gasteiger partial charge in [0.05, 0.1) is 13.2 Å². The van der Waals surface area contributed by atoms with Crippen molar-refractivity contribution in [3.05, 3.63) is 0 Å². The maximum atomic E-state index is 12.6. The van der Waals surface area contributed by atoms with Gasteiger partial charge >= 0.3 is 6.03 Å². The molecule has 6 heteroatoms. The summed E-state index contributed by atoms with van der Waals surface area (Å²) in [4.78, 5) is 29.1. The van der Waals surface area contributed by atoms with Gasteiger partial charge in [-0.05, 0) is 43.9 Å². The first kappa shape index (κ1) is 20.4. The first-order chi connectivity index (χ1) is 13.1. The molecule has 1 N–H and O–H groups in total. The highest BCUT2D eigenvalue weighted by Crippen LogP contribution is 2.41. The zero-order valence-electron chi connectivity index (χ0n) is 17.2. The van der Waals surface area contributed by atoms with Crippen molar-refractivity contribution in [2.45, 2.75) is 71.3 Å². The molecule has 3 fully saturated rings. The summed E-state index contributed by atoms with van der Waals surface area (Å²) in [5.41, 5.74) is 0.499. The topological polar surface area (TPSA) is 61.9 Å². The van der Waals surface area contributed by atoms with E-state index in [0.29, 0.717) is 50.8 Å². The molecule has 6 nitrogen and oxygen atoms in total. The van der Waals surface area contributed by atoms with Crippen LogP contribution in [0.5, 0.6) is 0 Å². The molecule has 0 bridgehead atoms. The monoisotopic (exact) mass is 379 g/mol. The third-order valence-corrected chi connectivity index (χ3v) is 7.33. The van der Waals surface area contributed by atoms with Crippen molar-refractivity contribution in [1.82, 2.24) is 15.1 Å². The van der Waals surface area contributed by atoms with Gasteiger partial charge < -0.3 is 19.9 Å². The molecule has 2 aliphatic heterocycles. The second-order valence-electron chi connectivity index (χ2n) is 8.63. The third kappa shape index (κ3) is 4.95. The normalized spacial score (nSPS) is 24.7. The lowest BCUT2D eigenvalue weighted by Crippen LogP contribution is -2.51. The zero-order chi connectivity index (χ0) is 19.3. The summed E-state index contributed by atoms with van der Waals surface area (Å²) in [5.74, 6) is 0.317. The number of nitrogens with zero attached hydrogens (tertiary/aromatic N) is 2. The number of carbonyl (C=O) groups excluding carboxylic acids is 2. The van der Waals surface area contributed by atoms with Crippen LogP contribution in [0.1, 0.15) is 65.2 Å². The third-order valence-electron chi connectivity index (χ3n) is 7.33. The Hall–Kier alpha value is -1.30. The lowest BCUT2D eigenvalue weighted by Gasteiger charge is -2.40. The van der Waals surface area contributed by atoms with Gasteiger partial charge in [-0.3, -0.25) is 4.79 Å². The molecule has 0 atom stereocenters. The number of ether oxygens (including phenoxy) is 1. The average Bonchev–Trinajstić information content (AvgIpc) is 2.74. The average molecular weight is 380 g/mol. The van der Waals surface area contributed by atoms with Gasteiger partial charge in [-0.2, -0.15) is 0 Å². The number of rotatable bonds is 4. The summed E-state index contributed by atoms with van der Waals surface area (Å²) in [6, 6.07) is 0.384. The summed E-state index contributed by atoms with van der Waals surface area (Å²) >= 11 is 0. The summed E-state index contributed by atoms with van der Waals surface area (Å²) in [7, 11) is 0. The summed E-state index contributed by atoms with van der Waals surface area (Å²) < 4.78 is 5.33. The minimum absolute atomic E-state index is 0.0663. The molecule has 0 unspecified atom stereocenters. The van der Waals surface area contributed by atoms with E-state index in [4.69, 9.17) is 4.74 Å². The Bertz CT molecular complexity index is 497. The number of hydrogen-bond acceptors (Lipinski definition) is 3. The molecular weight excluding hydrogens is 342 g/mol. The quantitative estimate of drug-likeness (QED) is 0.817. The Labute approximate surface area is 164 Å². The van der Waals surface area contributed by atoms with Gasteiger partial charge in [-0.25, -0.2) is 4.79 Å². The summed E-state index contributed by atoms with van der Waals surface area (Å²) in [6.07, 6.45) is 8.69. The van der Waals surface area contributed by atoms with Crippen LogP contribution >= 0.6 is 0 Å². The minimum Gasteiger partial charge on any atom is -0.378 e. The largest absolute Gasteiger partial charge is 0.378 e. The van der Waals surface area contributed by atoms with E-state index in [1.165, 1.54) is 25.7 Å². The van der Waals surface area contributed by atoms with Crippen LogP contribution < -0.4 is 5.32 Å². The summed E-state index contributed by atoms with van der Waals surface area (Å²) in [6.45, 7) is 8.67. The van der Waals surface area contributed by atoms with E-state index in [0.717, 1.165) is 25.7 Å². The molecule has 2 heterocycles. The van der Waals surface area contributed by atoms with Crippen LogP contribution in [0.2, 0.25) is 0 Å². The van der Waals surface area contributed by atoms with Crippen LogP contribution in [0.25, 0.3) is 0 Å². The number of nitrogens with one attached hydrogen (secondary N) is 1. The van der Waals surface area contributed by atoms with Gasteiger partial charge in [0.15, 0.2) is 0 Å². The molecule has 27 heavy (non-hydrogen) atoms. The van der Waals surface area contributed by atoms with Crippen LogP contribution in [0.15, 0.2) is 0 Å². The standard InChI is InChI=1S/C21H37N3O3/c1-3-21(4-2)9-5-18(6-10-21)22-20(26)24-11-7-17(8-12-24)19(25)23-13-15-27-16-14-23/h17-18H,3-16H2,1-2H3,(H,22,26). The number of amides is 3. The highest BCUT2D eigenvalue weighted by atomic mass is 16.5. The van der Waals surface area contributed by atoms with E-state index < -0.39 is 0 Å². The number of morpholine rings is 1. The first-order valence-electron chi connectivity index (χ1n) is 11.0. The van der Waals surface area contributed by atoms with Crippen LogP contribution in [-0.4, -0.2) is 67.2 Å². The van der Waals surface area contributed by atoms with Gasteiger partial charge in [-0.15, -0.1) is 0 Å². The molecule has 154 valence electrons. The Morgan fingerprint density at radius 1 is 0.926 bits per heavy atom. The molecule has 3 aliphatic rings. The van der Waals surface area contributed by atoms with Crippen LogP contribution in [-0.2, 0) is 9.53 Å². The number of urea groups is 1. The van der Waals surface area contributed by atoms with E-state index in [1.54, 1.807) is 0 Å². The number of likely N-dealkylation sites (tertiary alicyclic amines) is 1. The Balaban J connectivity index is 1.40. The second kappa shape index (κ2) is 9.26. The van der Waals surface area contributed by atoms with E-state index >= 15 is 0 Å². The molecule has 0 radical (unpaired) electrons. The van der Waals surface area contributed by atoms with Gasteiger partial charge in [0.2, 0.25) is 5.91 Å². The van der Waals surface area contributed by atoms with Gasteiger partial charge in [0, 0.05) is 38.1 Å². The molecule has 0 aromatic rings. The zero-order valence-corrected chi connectivity index (χ0v) is 17.2. The highest BCUT2D eigenvalue weighted by molar-refractivity contribution is 5.80. The van der Waals surface area contributed by atoms with Gasteiger partial charge in [0.25, 0.3) is 0 Å². The van der Waals surface area contributed by atoms with Crippen LogP contribution in [0, 0.1) is 11.3 Å². The molecule has 0 aromatic carbocycles. The number of carbonyl (C=O) groups is 2. The second-order valence-corrected chi connectivity index (χ2v) is 8.63. The SMILES string of the molecule is CCC1(CC)CCC(NC(=O)N2CCC(C(=O)N3CCOCC3)CC2)CC1.